The largest absolute Gasteiger partial charge is 0.399 e. The van der Waals surface area contributed by atoms with Crippen molar-refractivity contribution >= 4 is 5.69 Å². The van der Waals surface area contributed by atoms with Gasteiger partial charge in [0.05, 0.1) is 0 Å². The molecule has 0 bridgehead atoms. The van der Waals surface area contributed by atoms with Gasteiger partial charge in [0.2, 0.25) is 0 Å². The molecule has 2 aromatic rings. The summed E-state index contributed by atoms with van der Waals surface area (Å²) in [7, 11) is 0. The van der Waals surface area contributed by atoms with E-state index in [0.717, 1.165) is 37.3 Å². The fraction of sp³-hybridized carbons (Fsp3) is 0.294. The Labute approximate surface area is 120 Å². The highest BCUT2D eigenvalue weighted by atomic mass is 19.1. The van der Waals surface area contributed by atoms with Crippen LogP contribution in [0.25, 0.3) is 0 Å². The molecule has 2 N–H and O–H groups in total. The second-order valence-electron chi connectivity index (χ2n) is 5.08. The van der Waals surface area contributed by atoms with Crippen molar-refractivity contribution < 1.29 is 4.39 Å². The molecule has 0 aliphatic heterocycles. The molecule has 0 amide bonds. The van der Waals surface area contributed by atoms with Gasteiger partial charge in [0, 0.05) is 18.8 Å². The molecule has 2 nitrogen and oxygen atoms in total. The van der Waals surface area contributed by atoms with Gasteiger partial charge in [0.15, 0.2) is 0 Å². The molecule has 0 atom stereocenters. The number of rotatable bonds is 6. The van der Waals surface area contributed by atoms with E-state index in [1.807, 2.05) is 30.3 Å². The average molecular weight is 272 g/mol. The van der Waals surface area contributed by atoms with Crippen LogP contribution in [0.2, 0.25) is 0 Å². The number of anilines is 1. The molecular formula is C17H21FN2. The van der Waals surface area contributed by atoms with Crippen molar-refractivity contribution in [2.24, 2.45) is 0 Å². The second kappa shape index (κ2) is 7.06. The molecule has 0 aromatic heterocycles. The van der Waals surface area contributed by atoms with Crippen LogP contribution in [0.3, 0.4) is 0 Å². The maximum Gasteiger partial charge on any atom is 0.123 e. The Morgan fingerprint density at radius 2 is 1.70 bits per heavy atom. The lowest BCUT2D eigenvalue weighted by Gasteiger charge is -2.22. The van der Waals surface area contributed by atoms with Gasteiger partial charge >= 0.3 is 0 Å². The molecule has 106 valence electrons. The maximum atomic E-state index is 12.9. The molecule has 0 aliphatic rings. The highest BCUT2D eigenvalue weighted by Gasteiger charge is 2.06. The smallest absolute Gasteiger partial charge is 0.123 e. The van der Waals surface area contributed by atoms with E-state index in [2.05, 4.69) is 17.9 Å². The third-order valence-corrected chi connectivity index (χ3v) is 3.22. The van der Waals surface area contributed by atoms with Crippen LogP contribution in [-0.4, -0.2) is 11.4 Å². The molecule has 0 spiro atoms. The van der Waals surface area contributed by atoms with Crippen LogP contribution in [0.1, 0.15) is 24.5 Å². The van der Waals surface area contributed by atoms with Crippen molar-refractivity contribution in [2.45, 2.75) is 26.4 Å². The van der Waals surface area contributed by atoms with E-state index in [0.29, 0.717) is 0 Å². The van der Waals surface area contributed by atoms with Crippen molar-refractivity contribution in [1.82, 2.24) is 4.90 Å². The molecule has 0 radical (unpaired) electrons. The van der Waals surface area contributed by atoms with Crippen LogP contribution >= 0.6 is 0 Å². The van der Waals surface area contributed by atoms with E-state index in [4.69, 9.17) is 5.73 Å². The Hall–Kier alpha value is -1.87. The molecule has 0 aliphatic carbocycles. The van der Waals surface area contributed by atoms with Crippen molar-refractivity contribution in [3.8, 4) is 0 Å². The summed E-state index contributed by atoms with van der Waals surface area (Å²) in [5, 5.41) is 0. The summed E-state index contributed by atoms with van der Waals surface area (Å²) in [4.78, 5) is 2.35. The van der Waals surface area contributed by atoms with Crippen LogP contribution < -0.4 is 5.73 Å². The van der Waals surface area contributed by atoms with Crippen molar-refractivity contribution in [3.05, 3.63) is 65.5 Å². The molecular weight excluding hydrogens is 251 g/mol. The number of halogens is 1. The highest BCUT2D eigenvalue weighted by Crippen LogP contribution is 2.13. The van der Waals surface area contributed by atoms with Gasteiger partial charge < -0.3 is 5.73 Å². The van der Waals surface area contributed by atoms with Gasteiger partial charge in [-0.2, -0.15) is 0 Å². The molecule has 2 rings (SSSR count). The first kappa shape index (κ1) is 14.5. The first-order chi connectivity index (χ1) is 9.67. The molecule has 2 aromatic carbocycles. The third-order valence-electron chi connectivity index (χ3n) is 3.22. The van der Waals surface area contributed by atoms with Crippen LogP contribution in [0.4, 0.5) is 10.1 Å². The van der Waals surface area contributed by atoms with E-state index in [1.165, 1.54) is 17.7 Å². The number of hydrogen-bond acceptors (Lipinski definition) is 2. The van der Waals surface area contributed by atoms with E-state index in [-0.39, 0.29) is 5.82 Å². The quantitative estimate of drug-likeness (QED) is 0.810. The summed E-state index contributed by atoms with van der Waals surface area (Å²) in [6.45, 7) is 4.85. The molecule has 3 heteroatoms. The lowest BCUT2D eigenvalue weighted by molar-refractivity contribution is 0.257. The van der Waals surface area contributed by atoms with Gasteiger partial charge in [-0.15, -0.1) is 0 Å². The predicted molar refractivity (Wildman–Crippen MR) is 81.7 cm³/mol. The topological polar surface area (TPSA) is 29.3 Å². The van der Waals surface area contributed by atoms with Crippen LogP contribution in [0.15, 0.2) is 48.5 Å². The summed E-state index contributed by atoms with van der Waals surface area (Å²) in [6.07, 6.45) is 1.09. The molecule has 20 heavy (non-hydrogen) atoms. The molecule has 0 saturated carbocycles. The summed E-state index contributed by atoms with van der Waals surface area (Å²) < 4.78 is 12.9. The van der Waals surface area contributed by atoms with E-state index >= 15 is 0 Å². The molecule has 0 saturated heterocycles. The van der Waals surface area contributed by atoms with Gasteiger partial charge in [-0.05, 0) is 48.4 Å². The Bertz CT molecular complexity index is 537. The Morgan fingerprint density at radius 1 is 1.00 bits per heavy atom. The minimum atomic E-state index is -0.188. The zero-order chi connectivity index (χ0) is 14.4. The Balaban J connectivity index is 2.05. The SMILES string of the molecule is CCCN(Cc1ccc(F)cc1)Cc1cccc(N)c1. The summed E-state index contributed by atoms with van der Waals surface area (Å²) in [5.74, 6) is -0.188. The number of benzene rings is 2. The van der Waals surface area contributed by atoms with Gasteiger partial charge in [0.1, 0.15) is 5.82 Å². The van der Waals surface area contributed by atoms with Gasteiger partial charge in [-0.1, -0.05) is 31.2 Å². The van der Waals surface area contributed by atoms with Gasteiger partial charge in [0.25, 0.3) is 0 Å². The van der Waals surface area contributed by atoms with Crippen LogP contribution in [0, 0.1) is 5.82 Å². The highest BCUT2D eigenvalue weighted by molar-refractivity contribution is 5.40. The fourth-order valence-corrected chi connectivity index (χ4v) is 2.33. The second-order valence-corrected chi connectivity index (χ2v) is 5.08. The molecule has 0 heterocycles. The van der Waals surface area contributed by atoms with Gasteiger partial charge in [-0.25, -0.2) is 4.39 Å². The van der Waals surface area contributed by atoms with Crippen LogP contribution in [0.5, 0.6) is 0 Å². The van der Waals surface area contributed by atoms with E-state index in [1.54, 1.807) is 0 Å². The Morgan fingerprint density at radius 3 is 2.35 bits per heavy atom. The normalized spacial score (nSPS) is 10.9. The third kappa shape index (κ3) is 4.35. The minimum absolute atomic E-state index is 0.188. The summed E-state index contributed by atoms with van der Waals surface area (Å²) in [5.41, 5.74) is 8.95. The molecule has 0 unspecified atom stereocenters. The maximum absolute atomic E-state index is 12.9. The zero-order valence-corrected chi connectivity index (χ0v) is 11.8. The monoisotopic (exact) mass is 272 g/mol. The van der Waals surface area contributed by atoms with Gasteiger partial charge in [-0.3, -0.25) is 4.90 Å². The number of nitrogens with zero attached hydrogens (tertiary/aromatic N) is 1. The average Bonchev–Trinajstić information content (AvgIpc) is 2.42. The first-order valence-corrected chi connectivity index (χ1v) is 6.98. The van der Waals surface area contributed by atoms with E-state index < -0.39 is 0 Å². The minimum Gasteiger partial charge on any atom is -0.399 e. The number of nitrogens with two attached hydrogens (primary N) is 1. The zero-order valence-electron chi connectivity index (χ0n) is 11.8. The summed E-state index contributed by atoms with van der Waals surface area (Å²) >= 11 is 0. The van der Waals surface area contributed by atoms with Crippen molar-refractivity contribution in [3.63, 3.8) is 0 Å². The van der Waals surface area contributed by atoms with Crippen molar-refractivity contribution in [2.75, 3.05) is 12.3 Å². The fourth-order valence-electron chi connectivity index (χ4n) is 2.33. The predicted octanol–water partition coefficient (Wildman–Crippen LogP) is 3.82. The lowest BCUT2D eigenvalue weighted by Crippen LogP contribution is -2.23. The first-order valence-electron chi connectivity index (χ1n) is 6.98. The lowest BCUT2D eigenvalue weighted by atomic mass is 10.1. The number of hydrogen-bond donors (Lipinski definition) is 1. The van der Waals surface area contributed by atoms with Crippen LogP contribution in [-0.2, 0) is 13.1 Å². The number of nitrogen functional groups attached to an aromatic ring is 1. The summed E-state index contributed by atoms with van der Waals surface area (Å²) in [6, 6.07) is 14.7. The Kier molecular flexibility index (Phi) is 5.13. The standard InChI is InChI=1S/C17H21FN2/c1-2-10-20(12-14-6-8-16(18)9-7-14)13-15-4-3-5-17(19)11-15/h3-9,11H,2,10,12-13,19H2,1H3. The van der Waals surface area contributed by atoms with Crippen molar-refractivity contribution in [1.29, 1.82) is 0 Å². The van der Waals surface area contributed by atoms with E-state index in [9.17, 15) is 4.39 Å². The molecule has 0 fully saturated rings.